The molecule has 1 amide bonds. The summed E-state index contributed by atoms with van der Waals surface area (Å²) in [5.41, 5.74) is 2.67. The summed E-state index contributed by atoms with van der Waals surface area (Å²) in [5, 5.41) is 3.36. The molecule has 0 aromatic carbocycles. The number of rotatable bonds is 5. The Morgan fingerprint density at radius 2 is 2.32 bits per heavy atom. The lowest BCUT2D eigenvalue weighted by Crippen LogP contribution is -2.43. The van der Waals surface area contributed by atoms with E-state index in [9.17, 15) is 4.79 Å². The van der Waals surface area contributed by atoms with Gasteiger partial charge in [-0.1, -0.05) is 6.92 Å². The van der Waals surface area contributed by atoms with Crippen molar-refractivity contribution in [2.45, 2.75) is 32.4 Å². The Balaban J connectivity index is 2.05. The van der Waals surface area contributed by atoms with Crippen LogP contribution < -0.4 is 16.6 Å². The van der Waals surface area contributed by atoms with Crippen molar-refractivity contribution < 1.29 is 9.21 Å². The fraction of sp³-hybridized carbons (Fsp3) is 0.615. The lowest BCUT2D eigenvalue weighted by Gasteiger charge is -2.33. The zero-order valence-electron chi connectivity index (χ0n) is 11.3. The summed E-state index contributed by atoms with van der Waals surface area (Å²) in [7, 11) is 0. The van der Waals surface area contributed by atoms with Gasteiger partial charge >= 0.3 is 0 Å². The fourth-order valence-electron chi connectivity index (χ4n) is 2.60. The molecule has 1 aromatic heterocycles. The molecule has 2 rings (SSSR count). The quantitative estimate of drug-likeness (QED) is 0.409. The molecule has 0 bridgehead atoms. The van der Waals surface area contributed by atoms with Crippen molar-refractivity contribution in [2.24, 2.45) is 5.84 Å². The Bertz CT molecular complexity index is 413. The first kappa shape index (κ1) is 14.0. The van der Waals surface area contributed by atoms with E-state index in [0.717, 1.165) is 32.5 Å². The number of hydrogen-bond donors (Lipinski definition) is 3. The van der Waals surface area contributed by atoms with Crippen molar-refractivity contribution in [2.75, 3.05) is 19.6 Å². The minimum atomic E-state index is -0.301. The molecule has 0 aliphatic carbocycles. The number of nitrogens with two attached hydrogens (primary N) is 1. The second kappa shape index (κ2) is 6.70. The van der Waals surface area contributed by atoms with Crippen LogP contribution in [-0.4, -0.2) is 36.5 Å². The molecule has 1 fully saturated rings. The summed E-state index contributed by atoms with van der Waals surface area (Å²) in [6.45, 7) is 5.82. The molecule has 0 saturated carbocycles. The number of nitrogens with one attached hydrogen (secondary N) is 2. The van der Waals surface area contributed by atoms with Crippen LogP contribution in [0.3, 0.4) is 0 Å². The number of hydrazine groups is 1. The fourth-order valence-corrected chi connectivity index (χ4v) is 2.60. The Kier molecular flexibility index (Phi) is 4.95. The molecule has 6 nitrogen and oxygen atoms in total. The molecule has 6 heteroatoms. The highest BCUT2D eigenvalue weighted by Gasteiger charge is 2.23. The summed E-state index contributed by atoms with van der Waals surface area (Å²) in [5.74, 6) is 5.56. The van der Waals surface area contributed by atoms with Crippen molar-refractivity contribution in [3.8, 4) is 0 Å². The van der Waals surface area contributed by atoms with Gasteiger partial charge in [-0.3, -0.25) is 15.1 Å². The third-order valence-corrected chi connectivity index (χ3v) is 3.70. The van der Waals surface area contributed by atoms with E-state index in [1.54, 1.807) is 6.07 Å². The number of nitrogens with zero attached hydrogens (tertiary/aromatic N) is 1. The van der Waals surface area contributed by atoms with Crippen LogP contribution >= 0.6 is 0 Å². The third kappa shape index (κ3) is 3.34. The molecule has 1 aliphatic rings. The molecule has 19 heavy (non-hydrogen) atoms. The average molecular weight is 266 g/mol. The van der Waals surface area contributed by atoms with Crippen LogP contribution in [0.2, 0.25) is 0 Å². The van der Waals surface area contributed by atoms with Gasteiger partial charge in [0.2, 0.25) is 0 Å². The first-order chi connectivity index (χ1) is 9.26. The van der Waals surface area contributed by atoms with Crippen LogP contribution in [0, 0.1) is 0 Å². The highest BCUT2D eigenvalue weighted by molar-refractivity contribution is 5.94. The van der Waals surface area contributed by atoms with Crippen LogP contribution in [0.15, 0.2) is 16.7 Å². The van der Waals surface area contributed by atoms with Crippen LogP contribution in [0.1, 0.15) is 35.9 Å². The number of furan rings is 1. The van der Waals surface area contributed by atoms with Gasteiger partial charge in [-0.05, 0) is 38.5 Å². The summed E-state index contributed by atoms with van der Waals surface area (Å²) in [6, 6.07) is 2.21. The molecule has 2 heterocycles. The monoisotopic (exact) mass is 266 g/mol. The number of piperidine rings is 1. The second-order valence-corrected chi connectivity index (χ2v) is 4.78. The molecule has 4 N–H and O–H groups in total. The van der Waals surface area contributed by atoms with Crippen molar-refractivity contribution in [3.63, 3.8) is 0 Å². The number of amides is 1. The lowest BCUT2D eigenvalue weighted by atomic mass is 10.0. The Morgan fingerprint density at radius 3 is 2.95 bits per heavy atom. The summed E-state index contributed by atoms with van der Waals surface area (Å²) in [4.78, 5) is 14.0. The smallest absolute Gasteiger partial charge is 0.268 e. The lowest BCUT2D eigenvalue weighted by molar-refractivity contribution is 0.0946. The predicted molar refractivity (Wildman–Crippen MR) is 72.3 cm³/mol. The molecule has 1 aromatic rings. The number of nitrogen functional groups attached to an aromatic ring is 1. The van der Waals surface area contributed by atoms with Crippen LogP contribution in [0.25, 0.3) is 0 Å². The molecule has 1 aliphatic heterocycles. The average Bonchev–Trinajstić information content (AvgIpc) is 2.93. The van der Waals surface area contributed by atoms with Gasteiger partial charge in [-0.15, -0.1) is 0 Å². The Labute approximate surface area is 113 Å². The van der Waals surface area contributed by atoms with Crippen LogP contribution in [0.5, 0.6) is 0 Å². The summed E-state index contributed by atoms with van der Waals surface area (Å²) < 4.78 is 5.44. The van der Waals surface area contributed by atoms with Crippen molar-refractivity contribution in [3.05, 3.63) is 23.7 Å². The Morgan fingerprint density at radius 1 is 1.58 bits per heavy atom. The van der Waals surface area contributed by atoms with E-state index in [4.69, 9.17) is 10.3 Å². The van der Waals surface area contributed by atoms with E-state index in [1.807, 2.05) is 0 Å². The van der Waals surface area contributed by atoms with Crippen LogP contribution in [0.4, 0.5) is 0 Å². The number of hydrogen-bond acceptors (Lipinski definition) is 5. The number of carbonyl (C=O) groups excluding carboxylic acids is 1. The highest BCUT2D eigenvalue weighted by Crippen LogP contribution is 2.18. The summed E-state index contributed by atoms with van der Waals surface area (Å²) in [6.07, 6.45) is 3.80. The highest BCUT2D eigenvalue weighted by atomic mass is 16.3. The van der Waals surface area contributed by atoms with Gasteiger partial charge in [0, 0.05) is 6.04 Å². The largest absolute Gasteiger partial charge is 0.467 e. The molecular weight excluding hydrogens is 244 g/mol. The zero-order valence-corrected chi connectivity index (χ0v) is 11.3. The van der Waals surface area contributed by atoms with Gasteiger partial charge in [-0.25, -0.2) is 5.84 Å². The molecule has 106 valence electrons. The standard InChI is InChI=1S/C13H22N4O2/c1-2-17(10-3-6-15-7-4-10)9-12-11(5-8-19-12)13(18)16-14/h5,8,10,15H,2-4,6-7,9,14H2,1H3,(H,16,18). The maximum absolute atomic E-state index is 11.6. The second-order valence-electron chi connectivity index (χ2n) is 4.78. The van der Waals surface area contributed by atoms with Gasteiger partial charge in [0.1, 0.15) is 5.76 Å². The van der Waals surface area contributed by atoms with E-state index in [2.05, 4.69) is 22.6 Å². The minimum Gasteiger partial charge on any atom is -0.467 e. The first-order valence-electron chi connectivity index (χ1n) is 6.78. The van der Waals surface area contributed by atoms with Gasteiger partial charge < -0.3 is 9.73 Å². The van der Waals surface area contributed by atoms with Crippen molar-refractivity contribution in [1.29, 1.82) is 0 Å². The molecule has 0 unspecified atom stereocenters. The molecule has 0 atom stereocenters. The van der Waals surface area contributed by atoms with Gasteiger partial charge in [0.05, 0.1) is 18.4 Å². The molecular formula is C13H22N4O2. The molecule has 0 spiro atoms. The summed E-state index contributed by atoms with van der Waals surface area (Å²) >= 11 is 0. The van der Waals surface area contributed by atoms with Crippen molar-refractivity contribution in [1.82, 2.24) is 15.6 Å². The zero-order chi connectivity index (χ0) is 13.7. The van der Waals surface area contributed by atoms with Gasteiger partial charge in [0.15, 0.2) is 0 Å². The van der Waals surface area contributed by atoms with E-state index in [-0.39, 0.29) is 5.91 Å². The first-order valence-corrected chi connectivity index (χ1v) is 6.78. The predicted octanol–water partition coefficient (Wildman–Crippen LogP) is 0.457. The van der Waals surface area contributed by atoms with Crippen LogP contribution in [-0.2, 0) is 6.54 Å². The van der Waals surface area contributed by atoms with E-state index < -0.39 is 0 Å². The maximum Gasteiger partial charge on any atom is 0.268 e. The molecule has 0 radical (unpaired) electrons. The topological polar surface area (TPSA) is 83.5 Å². The van der Waals surface area contributed by atoms with E-state index >= 15 is 0 Å². The Hall–Kier alpha value is -1.37. The van der Waals surface area contributed by atoms with E-state index in [1.165, 1.54) is 6.26 Å². The minimum absolute atomic E-state index is 0.301. The number of carbonyl (C=O) groups is 1. The normalized spacial score (nSPS) is 16.8. The van der Waals surface area contributed by atoms with Crippen molar-refractivity contribution >= 4 is 5.91 Å². The van der Waals surface area contributed by atoms with Gasteiger partial charge in [-0.2, -0.15) is 0 Å². The molecule has 1 saturated heterocycles. The maximum atomic E-state index is 11.6. The third-order valence-electron chi connectivity index (χ3n) is 3.70. The van der Waals surface area contributed by atoms with E-state index in [0.29, 0.717) is 23.9 Å². The van der Waals surface area contributed by atoms with Gasteiger partial charge in [0.25, 0.3) is 5.91 Å². The SMILES string of the molecule is CCN(Cc1occc1C(=O)NN)C1CCNCC1.